The number of aliphatic hydroxyl groups is 1. The monoisotopic (exact) mass is 360 g/mol. The molecule has 0 aromatic heterocycles. The molecule has 4 nitrogen and oxygen atoms in total. The van der Waals surface area contributed by atoms with E-state index in [1.165, 1.54) is 12.7 Å². The Hall–Kier alpha value is -1.16. The van der Waals surface area contributed by atoms with Crippen molar-refractivity contribution in [1.29, 1.82) is 0 Å². The maximum absolute atomic E-state index is 11.9. The lowest BCUT2D eigenvalue weighted by Crippen LogP contribution is -2.55. The number of rotatable bonds is 2. The largest absolute Gasteiger partial charge is 0.469 e. The van der Waals surface area contributed by atoms with E-state index in [1.54, 1.807) is 0 Å². The number of carbonyl (C=O) groups excluding carboxylic acids is 2. The summed E-state index contributed by atoms with van der Waals surface area (Å²) in [7, 11) is 1.40. The summed E-state index contributed by atoms with van der Waals surface area (Å²) in [6.07, 6.45) is 9.60. The number of carbonyl (C=O) groups is 2. The highest BCUT2D eigenvalue weighted by Crippen LogP contribution is 2.68. The van der Waals surface area contributed by atoms with E-state index in [0.717, 1.165) is 38.5 Å². The van der Waals surface area contributed by atoms with Gasteiger partial charge in [-0.25, -0.2) is 0 Å². The highest BCUT2D eigenvalue weighted by atomic mass is 16.5. The number of esters is 1. The first-order valence-corrected chi connectivity index (χ1v) is 10.3. The summed E-state index contributed by atoms with van der Waals surface area (Å²) < 4.78 is 4.87. The van der Waals surface area contributed by atoms with E-state index in [-0.39, 0.29) is 23.2 Å². The van der Waals surface area contributed by atoms with Gasteiger partial charge in [0.2, 0.25) is 0 Å². The summed E-state index contributed by atoms with van der Waals surface area (Å²) in [5, 5.41) is 11.4. The van der Waals surface area contributed by atoms with Crippen LogP contribution in [0.25, 0.3) is 0 Å². The minimum atomic E-state index is -0.935. The standard InChI is InChI=1S/C22H32O4/c1-20-9-6-15(23)12-14(20)4-5-16-17(20)7-10-21(2)18(16)8-11-22(21,25)13-19(24)26-3/h12,16-18,25H,4-11,13H2,1-3H3/t16-,17-,18+,20+,21+,22?/m1/s1. The number of allylic oxidation sites excluding steroid dienone is 1. The first-order chi connectivity index (χ1) is 12.2. The minimum Gasteiger partial charge on any atom is -0.469 e. The van der Waals surface area contributed by atoms with Crippen molar-refractivity contribution in [2.75, 3.05) is 7.11 Å². The third-order valence-electron chi connectivity index (χ3n) is 8.95. The zero-order valence-electron chi connectivity index (χ0n) is 16.3. The lowest BCUT2D eigenvalue weighted by atomic mass is 9.46. The van der Waals surface area contributed by atoms with Gasteiger partial charge in [0.25, 0.3) is 0 Å². The van der Waals surface area contributed by atoms with Gasteiger partial charge in [-0.1, -0.05) is 19.4 Å². The smallest absolute Gasteiger partial charge is 0.308 e. The Balaban J connectivity index is 1.63. The van der Waals surface area contributed by atoms with E-state index in [0.29, 0.717) is 36.4 Å². The quantitative estimate of drug-likeness (QED) is 0.761. The van der Waals surface area contributed by atoms with E-state index in [1.807, 2.05) is 6.08 Å². The molecule has 0 amide bonds. The molecule has 1 unspecified atom stereocenters. The fourth-order valence-corrected chi connectivity index (χ4v) is 7.27. The number of fused-ring (bicyclic) bond motifs is 5. The van der Waals surface area contributed by atoms with Crippen molar-refractivity contribution in [3.05, 3.63) is 11.6 Å². The van der Waals surface area contributed by atoms with Crippen LogP contribution in [0.2, 0.25) is 0 Å². The molecular formula is C22H32O4. The van der Waals surface area contributed by atoms with Gasteiger partial charge in [0.15, 0.2) is 5.78 Å². The van der Waals surface area contributed by atoms with Crippen LogP contribution in [0, 0.1) is 28.6 Å². The molecule has 0 aliphatic heterocycles. The van der Waals surface area contributed by atoms with Gasteiger partial charge in [-0.3, -0.25) is 9.59 Å². The van der Waals surface area contributed by atoms with E-state index >= 15 is 0 Å². The molecule has 3 saturated carbocycles. The van der Waals surface area contributed by atoms with Gasteiger partial charge in [-0.15, -0.1) is 0 Å². The number of hydrogen-bond acceptors (Lipinski definition) is 4. The summed E-state index contributed by atoms with van der Waals surface area (Å²) in [6, 6.07) is 0. The molecule has 1 N–H and O–H groups in total. The molecule has 0 aromatic rings. The molecule has 0 radical (unpaired) electrons. The zero-order chi connectivity index (χ0) is 18.7. The Kier molecular flexibility index (Phi) is 4.15. The Morgan fingerprint density at radius 2 is 1.88 bits per heavy atom. The van der Waals surface area contributed by atoms with Gasteiger partial charge in [-0.05, 0) is 79.6 Å². The number of hydrogen-bond donors (Lipinski definition) is 1. The second-order valence-corrected chi connectivity index (χ2v) is 9.75. The van der Waals surface area contributed by atoms with Gasteiger partial charge < -0.3 is 9.84 Å². The lowest BCUT2D eigenvalue weighted by Gasteiger charge is -2.59. The minimum absolute atomic E-state index is 0.116. The van der Waals surface area contributed by atoms with Crippen LogP contribution in [0.15, 0.2) is 11.6 Å². The van der Waals surface area contributed by atoms with Gasteiger partial charge in [0, 0.05) is 6.42 Å². The highest BCUT2D eigenvalue weighted by molar-refractivity contribution is 5.91. The summed E-state index contributed by atoms with van der Waals surface area (Å²) in [6.45, 7) is 4.59. The molecule has 4 rings (SSSR count). The van der Waals surface area contributed by atoms with Crippen LogP contribution < -0.4 is 0 Å². The second-order valence-electron chi connectivity index (χ2n) is 9.75. The van der Waals surface area contributed by atoms with Crippen molar-refractivity contribution < 1.29 is 19.4 Å². The molecule has 4 heteroatoms. The lowest BCUT2D eigenvalue weighted by molar-refractivity contribution is -0.161. The van der Waals surface area contributed by atoms with Crippen molar-refractivity contribution in [3.8, 4) is 0 Å². The molecule has 0 spiro atoms. The maximum atomic E-state index is 11.9. The molecule has 4 aliphatic carbocycles. The summed E-state index contributed by atoms with van der Waals surface area (Å²) >= 11 is 0. The normalized spacial score (nSPS) is 47.5. The number of ether oxygens (including phenoxy) is 1. The first kappa shape index (κ1) is 18.2. The number of ketones is 1. The van der Waals surface area contributed by atoms with Crippen LogP contribution in [0.4, 0.5) is 0 Å². The predicted molar refractivity (Wildman–Crippen MR) is 98.3 cm³/mol. The molecule has 3 fully saturated rings. The van der Waals surface area contributed by atoms with Crippen molar-refractivity contribution in [2.24, 2.45) is 28.6 Å². The molecule has 4 aliphatic rings. The van der Waals surface area contributed by atoms with Crippen LogP contribution >= 0.6 is 0 Å². The summed E-state index contributed by atoms with van der Waals surface area (Å²) in [5.41, 5.74) is 0.391. The molecule has 144 valence electrons. The molecular weight excluding hydrogens is 328 g/mol. The van der Waals surface area contributed by atoms with Gasteiger partial charge >= 0.3 is 5.97 Å². The summed E-state index contributed by atoms with van der Waals surface area (Å²) in [5.74, 6) is 1.66. The van der Waals surface area contributed by atoms with Crippen LogP contribution in [-0.4, -0.2) is 29.6 Å². The third-order valence-corrected chi connectivity index (χ3v) is 8.95. The molecule has 6 atom stereocenters. The van der Waals surface area contributed by atoms with Gasteiger partial charge in [-0.2, -0.15) is 0 Å². The average molecular weight is 360 g/mol. The van der Waals surface area contributed by atoms with Crippen LogP contribution in [0.1, 0.15) is 71.6 Å². The Bertz CT molecular complexity index is 667. The maximum Gasteiger partial charge on any atom is 0.308 e. The van der Waals surface area contributed by atoms with Gasteiger partial charge in [0.1, 0.15) is 0 Å². The van der Waals surface area contributed by atoms with Crippen molar-refractivity contribution in [1.82, 2.24) is 0 Å². The van der Waals surface area contributed by atoms with Crippen molar-refractivity contribution >= 4 is 11.8 Å². The molecule has 26 heavy (non-hydrogen) atoms. The van der Waals surface area contributed by atoms with Crippen molar-refractivity contribution in [3.63, 3.8) is 0 Å². The van der Waals surface area contributed by atoms with E-state index < -0.39 is 5.60 Å². The van der Waals surface area contributed by atoms with E-state index in [2.05, 4.69) is 13.8 Å². The fraction of sp³-hybridized carbons (Fsp3) is 0.818. The highest BCUT2D eigenvalue weighted by Gasteiger charge is 2.64. The molecule has 0 heterocycles. The van der Waals surface area contributed by atoms with Crippen LogP contribution in [0.3, 0.4) is 0 Å². The molecule has 0 saturated heterocycles. The average Bonchev–Trinajstić information content (AvgIpc) is 2.86. The first-order valence-electron chi connectivity index (χ1n) is 10.3. The Morgan fingerprint density at radius 1 is 1.15 bits per heavy atom. The van der Waals surface area contributed by atoms with Crippen LogP contribution in [0.5, 0.6) is 0 Å². The van der Waals surface area contributed by atoms with Crippen LogP contribution in [-0.2, 0) is 14.3 Å². The zero-order valence-corrected chi connectivity index (χ0v) is 16.3. The van der Waals surface area contributed by atoms with Gasteiger partial charge in [0.05, 0.1) is 19.1 Å². The number of methoxy groups -OCH3 is 1. The van der Waals surface area contributed by atoms with Crippen molar-refractivity contribution in [2.45, 2.75) is 77.2 Å². The SMILES string of the molecule is COC(=O)CC1(O)CC[C@H]2[C@@H]3CCC4=CC(=O)CC[C@]4(C)[C@@H]3CC[C@@]21C. The fourth-order valence-electron chi connectivity index (χ4n) is 7.27. The molecule has 0 bridgehead atoms. The third kappa shape index (κ3) is 2.37. The summed E-state index contributed by atoms with van der Waals surface area (Å²) in [4.78, 5) is 23.8. The second kappa shape index (κ2) is 5.92. The topological polar surface area (TPSA) is 63.6 Å². The molecule has 0 aromatic carbocycles. The van der Waals surface area contributed by atoms with E-state index in [9.17, 15) is 14.7 Å². The predicted octanol–water partition coefficient (Wildman–Crippen LogP) is 3.81. The van der Waals surface area contributed by atoms with E-state index in [4.69, 9.17) is 4.74 Å². The Labute approximate surface area is 156 Å². The Morgan fingerprint density at radius 3 is 2.62 bits per heavy atom.